The third-order valence-electron chi connectivity index (χ3n) is 4.53. The zero-order valence-corrected chi connectivity index (χ0v) is 13.3. The number of aryl methyl sites for hydroxylation is 1. The standard InChI is InChI=1S/C15H29N5/c1-5-7-14-8-16-15(12(3)6-2)11-20(14)10-13-9-19(4)18-17-13/h9,12,14-16H,5-8,10-11H2,1-4H3. The number of aromatic nitrogens is 3. The summed E-state index contributed by atoms with van der Waals surface area (Å²) in [6, 6.07) is 1.23. The first-order valence-electron chi connectivity index (χ1n) is 7.96. The van der Waals surface area contributed by atoms with E-state index in [2.05, 4.69) is 41.3 Å². The highest BCUT2D eigenvalue weighted by Crippen LogP contribution is 2.19. The van der Waals surface area contributed by atoms with E-state index >= 15 is 0 Å². The van der Waals surface area contributed by atoms with Gasteiger partial charge in [-0.3, -0.25) is 9.58 Å². The van der Waals surface area contributed by atoms with Crippen molar-refractivity contribution in [3.05, 3.63) is 11.9 Å². The van der Waals surface area contributed by atoms with E-state index in [1.54, 1.807) is 4.68 Å². The fourth-order valence-corrected chi connectivity index (χ4v) is 3.04. The van der Waals surface area contributed by atoms with Gasteiger partial charge in [0.2, 0.25) is 0 Å². The van der Waals surface area contributed by atoms with Gasteiger partial charge in [0, 0.05) is 45.0 Å². The molecule has 5 heteroatoms. The third kappa shape index (κ3) is 3.79. The molecular formula is C15H29N5. The van der Waals surface area contributed by atoms with Crippen LogP contribution in [0.25, 0.3) is 0 Å². The zero-order valence-electron chi connectivity index (χ0n) is 13.3. The first-order valence-corrected chi connectivity index (χ1v) is 7.96. The lowest BCUT2D eigenvalue weighted by Gasteiger charge is -2.42. The van der Waals surface area contributed by atoms with Gasteiger partial charge in [-0.1, -0.05) is 38.8 Å². The largest absolute Gasteiger partial charge is 0.311 e. The molecule has 3 unspecified atom stereocenters. The summed E-state index contributed by atoms with van der Waals surface area (Å²) in [5, 5.41) is 12.0. The van der Waals surface area contributed by atoms with Crippen LogP contribution < -0.4 is 5.32 Å². The summed E-state index contributed by atoms with van der Waals surface area (Å²) in [4.78, 5) is 2.60. The molecule has 0 aliphatic carbocycles. The summed E-state index contributed by atoms with van der Waals surface area (Å²) in [5.41, 5.74) is 1.08. The van der Waals surface area contributed by atoms with Crippen LogP contribution in [0.15, 0.2) is 6.20 Å². The van der Waals surface area contributed by atoms with E-state index in [4.69, 9.17) is 0 Å². The highest BCUT2D eigenvalue weighted by Gasteiger charge is 2.29. The van der Waals surface area contributed by atoms with Crippen LogP contribution in [0.5, 0.6) is 0 Å². The van der Waals surface area contributed by atoms with Crippen molar-refractivity contribution in [1.82, 2.24) is 25.2 Å². The van der Waals surface area contributed by atoms with Crippen molar-refractivity contribution in [1.29, 1.82) is 0 Å². The fraction of sp³-hybridized carbons (Fsp3) is 0.867. The van der Waals surface area contributed by atoms with E-state index in [0.29, 0.717) is 12.1 Å². The Morgan fingerprint density at radius 1 is 1.45 bits per heavy atom. The van der Waals surface area contributed by atoms with Gasteiger partial charge in [-0.15, -0.1) is 5.10 Å². The van der Waals surface area contributed by atoms with Gasteiger partial charge in [0.25, 0.3) is 0 Å². The first-order chi connectivity index (χ1) is 9.63. The molecule has 0 saturated carbocycles. The molecular weight excluding hydrogens is 250 g/mol. The molecule has 1 aromatic rings. The Morgan fingerprint density at radius 3 is 2.85 bits per heavy atom. The normalized spacial score (nSPS) is 25.8. The van der Waals surface area contributed by atoms with Gasteiger partial charge >= 0.3 is 0 Å². The van der Waals surface area contributed by atoms with Crippen molar-refractivity contribution in [3.63, 3.8) is 0 Å². The Kier molecular flexibility index (Phi) is 5.54. The SMILES string of the molecule is CCCC1CNC(C(C)CC)CN1Cc1cn(C)nn1. The topological polar surface area (TPSA) is 46.0 Å². The van der Waals surface area contributed by atoms with Crippen molar-refractivity contribution in [3.8, 4) is 0 Å². The second kappa shape index (κ2) is 7.18. The number of hydrogen-bond donors (Lipinski definition) is 1. The van der Waals surface area contributed by atoms with Gasteiger partial charge < -0.3 is 5.32 Å². The number of hydrogen-bond acceptors (Lipinski definition) is 4. The van der Waals surface area contributed by atoms with Crippen molar-refractivity contribution >= 4 is 0 Å². The molecule has 0 radical (unpaired) electrons. The summed E-state index contributed by atoms with van der Waals surface area (Å²) in [6.45, 7) is 10.0. The molecule has 0 amide bonds. The predicted octanol–water partition coefficient (Wildman–Crippen LogP) is 1.80. The van der Waals surface area contributed by atoms with Gasteiger partial charge in [0.1, 0.15) is 0 Å². The van der Waals surface area contributed by atoms with Crippen LogP contribution in [-0.2, 0) is 13.6 Å². The summed E-state index contributed by atoms with van der Waals surface area (Å²) in [5.74, 6) is 0.724. The molecule has 2 heterocycles. The van der Waals surface area contributed by atoms with E-state index in [9.17, 15) is 0 Å². The molecule has 1 aliphatic heterocycles. The van der Waals surface area contributed by atoms with Crippen molar-refractivity contribution in [2.24, 2.45) is 13.0 Å². The van der Waals surface area contributed by atoms with Crippen LogP contribution in [0.4, 0.5) is 0 Å². The Hall–Kier alpha value is -0.940. The van der Waals surface area contributed by atoms with E-state index < -0.39 is 0 Å². The molecule has 2 rings (SSSR count). The molecule has 1 N–H and O–H groups in total. The van der Waals surface area contributed by atoms with Gasteiger partial charge in [-0.05, 0) is 12.3 Å². The van der Waals surface area contributed by atoms with Gasteiger partial charge in [0.05, 0.1) is 5.69 Å². The quantitative estimate of drug-likeness (QED) is 0.862. The summed E-state index contributed by atoms with van der Waals surface area (Å²) >= 11 is 0. The van der Waals surface area contributed by atoms with Crippen LogP contribution in [0.2, 0.25) is 0 Å². The van der Waals surface area contributed by atoms with E-state index in [0.717, 1.165) is 31.2 Å². The van der Waals surface area contributed by atoms with Gasteiger partial charge in [0.15, 0.2) is 0 Å². The van der Waals surface area contributed by atoms with Crippen molar-refractivity contribution < 1.29 is 0 Å². The van der Waals surface area contributed by atoms with E-state index in [1.807, 2.05) is 13.2 Å². The molecule has 1 saturated heterocycles. The van der Waals surface area contributed by atoms with E-state index in [-0.39, 0.29) is 0 Å². The summed E-state index contributed by atoms with van der Waals surface area (Å²) in [6.07, 6.45) is 5.75. The average Bonchev–Trinajstić information content (AvgIpc) is 2.85. The Balaban J connectivity index is 2.02. The number of nitrogens with zero attached hydrogens (tertiary/aromatic N) is 4. The number of piperazine rings is 1. The minimum atomic E-state index is 0.602. The smallest absolute Gasteiger partial charge is 0.0967 e. The van der Waals surface area contributed by atoms with Crippen LogP contribution in [0, 0.1) is 5.92 Å². The lowest BCUT2D eigenvalue weighted by Crippen LogP contribution is -2.57. The molecule has 0 aromatic carbocycles. The van der Waals surface area contributed by atoms with Crippen LogP contribution in [0.3, 0.4) is 0 Å². The average molecular weight is 279 g/mol. The van der Waals surface area contributed by atoms with Crippen LogP contribution >= 0.6 is 0 Å². The maximum absolute atomic E-state index is 4.25. The molecule has 0 bridgehead atoms. The lowest BCUT2D eigenvalue weighted by molar-refractivity contribution is 0.0947. The Bertz CT molecular complexity index is 403. The zero-order chi connectivity index (χ0) is 14.5. The van der Waals surface area contributed by atoms with Gasteiger partial charge in [-0.25, -0.2) is 0 Å². The highest BCUT2D eigenvalue weighted by atomic mass is 15.4. The minimum Gasteiger partial charge on any atom is -0.311 e. The monoisotopic (exact) mass is 279 g/mol. The van der Waals surface area contributed by atoms with Crippen LogP contribution in [-0.4, -0.2) is 45.1 Å². The summed E-state index contributed by atoms with van der Waals surface area (Å²) in [7, 11) is 1.93. The number of rotatable bonds is 6. The maximum Gasteiger partial charge on any atom is 0.0967 e. The first kappa shape index (κ1) is 15.4. The molecule has 3 atom stereocenters. The van der Waals surface area contributed by atoms with Gasteiger partial charge in [-0.2, -0.15) is 0 Å². The minimum absolute atomic E-state index is 0.602. The molecule has 1 aliphatic rings. The maximum atomic E-state index is 4.25. The van der Waals surface area contributed by atoms with Crippen molar-refractivity contribution in [2.75, 3.05) is 13.1 Å². The van der Waals surface area contributed by atoms with Crippen molar-refractivity contribution in [2.45, 2.75) is 58.7 Å². The second-order valence-electron chi connectivity index (χ2n) is 6.16. The van der Waals surface area contributed by atoms with Crippen LogP contribution in [0.1, 0.15) is 45.7 Å². The molecule has 1 fully saturated rings. The number of nitrogens with one attached hydrogen (secondary N) is 1. The molecule has 5 nitrogen and oxygen atoms in total. The highest BCUT2D eigenvalue weighted by molar-refractivity contribution is 4.96. The van der Waals surface area contributed by atoms with E-state index in [1.165, 1.54) is 19.3 Å². The third-order valence-corrected chi connectivity index (χ3v) is 4.53. The summed E-state index contributed by atoms with van der Waals surface area (Å²) < 4.78 is 1.79. The molecule has 114 valence electrons. The second-order valence-corrected chi connectivity index (χ2v) is 6.16. The fourth-order valence-electron chi connectivity index (χ4n) is 3.04. The molecule has 20 heavy (non-hydrogen) atoms. The lowest BCUT2D eigenvalue weighted by atomic mass is 9.94. The molecule has 1 aromatic heterocycles. The Labute approximate surface area is 122 Å². The Morgan fingerprint density at radius 2 is 2.25 bits per heavy atom. The molecule has 0 spiro atoms. The predicted molar refractivity (Wildman–Crippen MR) is 81.4 cm³/mol.